The Morgan fingerprint density at radius 3 is 2.37 bits per heavy atom. The van der Waals surface area contributed by atoms with Crippen molar-refractivity contribution in [2.24, 2.45) is 0 Å². The summed E-state index contributed by atoms with van der Waals surface area (Å²) in [6.07, 6.45) is 0.420. The summed E-state index contributed by atoms with van der Waals surface area (Å²) in [6.45, 7) is 0.536. The standard InChI is InChI=1S/C19H18N2O5S/c22-16(26-11-4-9-20-17(23)15-7-3-12-27-15)8-10-21-18(24)13-5-1-2-6-14(13)19(21)25/h1-3,5-7,12H,4,8-11H2,(H,20,23). The largest absolute Gasteiger partial charge is 0.466 e. The molecule has 3 amide bonds. The number of nitrogens with zero attached hydrogens (tertiary/aromatic N) is 1. The fourth-order valence-corrected chi connectivity index (χ4v) is 3.31. The molecule has 0 radical (unpaired) electrons. The molecule has 0 unspecified atom stereocenters. The molecule has 7 nitrogen and oxygen atoms in total. The Hall–Kier alpha value is -3.00. The van der Waals surface area contributed by atoms with E-state index in [0.29, 0.717) is 29.0 Å². The van der Waals surface area contributed by atoms with Gasteiger partial charge in [0.15, 0.2) is 0 Å². The van der Waals surface area contributed by atoms with Crippen LogP contribution in [0.1, 0.15) is 43.2 Å². The molecule has 0 spiro atoms. The van der Waals surface area contributed by atoms with Crippen LogP contribution in [0.25, 0.3) is 0 Å². The van der Waals surface area contributed by atoms with E-state index in [1.807, 2.05) is 5.38 Å². The molecule has 8 heteroatoms. The minimum atomic E-state index is -0.490. The minimum absolute atomic E-state index is 0.0136. The number of nitrogens with one attached hydrogen (secondary N) is 1. The Morgan fingerprint density at radius 2 is 1.74 bits per heavy atom. The third-order valence-corrected chi connectivity index (χ3v) is 4.90. The zero-order valence-electron chi connectivity index (χ0n) is 14.5. The highest BCUT2D eigenvalue weighted by molar-refractivity contribution is 7.12. The molecule has 2 aromatic rings. The number of benzene rings is 1. The first-order chi connectivity index (χ1) is 13.1. The summed E-state index contributed by atoms with van der Waals surface area (Å²) in [7, 11) is 0. The van der Waals surface area contributed by atoms with Crippen LogP contribution in [0.4, 0.5) is 0 Å². The van der Waals surface area contributed by atoms with Crippen molar-refractivity contribution in [1.29, 1.82) is 0 Å². The lowest BCUT2D eigenvalue weighted by Gasteiger charge is -2.13. The van der Waals surface area contributed by atoms with Gasteiger partial charge in [-0.1, -0.05) is 18.2 Å². The number of carbonyl (C=O) groups is 4. The molecule has 1 aromatic heterocycles. The number of thiophene rings is 1. The third-order valence-electron chi connectivity index (χ3n) is 4.03. The molecule has 0 atom stereocenters. The molecular formula is C19H18N2O5S. The maximum absolute atomic E-state index is 12.2. The lowest BCUT2D eigenvalue weighted by atomic mass is 10.1. The van der Waals surface area contributed by atoms with Crippen molar-refractivity contribution in [3.8, 4) is 0 Å². The molecule has 0 saturated heterocycles. The third kappa shape index (κ3) is 4.40. The van der Waals surface area contributed by atoms with E-state index in [1.165, 1.54) is 11.3 Å². The summed E-state index contributed by atoms with van der Waals surface area (Å²) in [4.78, 5) is 49.6. The van der Waals surface area contributed by atoms with Crippen LogP contribution in [0, 0.1) is 0 Å². The van der Waals surface area contributed by atoms with Gasteiger partial charge in [0.1, 0.15) is 0 Å². The van der Waals surface area contributed by atoms with E-state index < -0.39 is 5.97 Å². The molecule has 27 heavy (non-hydrogen) atoms. The normalized spacial score (nSPS) is 12.8. The zero-order valence-corrected chi connectivity index (χ0v) is 15.3. The van der Waals surface area contributed by atoms with Crippen LogP contribution in [0.15, 0.2) is 41.8 Å². The maximum Gasteiger partial charge on any atom is 0.307 e. The minimum Gasteiger partial charge on any atom is -0.466 e. The topological polar surface area (TPSA) is 92.8 Å². The number of ether oxygens (including phenoxy) is 1. The van der Waals surface area contributed by atoms with Gasteiger partial charge in [0.05, 0.1) is 29.0 Å². The maximum atomic E-state index is 12.2. The second-order valence-corrected chi connectivity index (χ2v) is 6.81. The van der Waals surface area contributed by atoms with Gasteiger partial charge in [-0.25, -0.2) is 0 Å². The van der Waals surface area contributed by atoms with Crippen molar-refractivity contribution in [2.75, 3.05) is 19.7 Å². The van der Waals surface area contributed by atoms with Crippen molar-refractivity contribution in [3.63, 3.8) is 0 Å². The summed E-state index contributed by atoms with van der Waals surface area (Å²) in [5.41, 5.74) is 0.717. The van der Waals surface area contributed by atoms with Crippen molar-refractivity contribution in [3.05, 3.63) is 57.8 Å². The number of esters is 1. The van der Waals surface area contributed by atoms with E-state index >= 15 is 0 Å². The van der Waals surface area contributed by atoms with Crippen LogP contribution in [-0.4, -0.2) is 48.3 Å². The first kappa shape index (κ1) is 18.8. The van der Waals surface area contributed by atoms with Crippen LogP contribution in [0.5, 0.6) is 0 Å². The molecule has 0 saturated carbocycles. The van der Waals surface area contributed by atoms with Crippen molar-refractivity contribution >= 4 is 35.0 Å². The Kier molecular flexibility index (Phi) is 5.97. The number of amides is 3. The highest BCUT2D eigenvalue weighted by Crippen LogP contribution is 2.22. The quantitative estimate of drug-likeness (QED) is 0.426. The van der Waals surface area contributed by atoms with Gasteiger partial charge in [0.25, 0.3) is 17.7 Å². The Balaban J connectivity index is 1.34. The molecule has 1 aliphatic rings. The predicted octanol–water partition coefficient (Wildman–Crippen LogP) is 2.10. The van der Waals surface area contributed by atoms with E-state index in [2.05, 4.69) is 5.32 Å². The summed E-state index contributed by atoms with van der Waals surface area (Å²) >= 11 is 1.36. The Labute approximate surface area is 159 Å². The SMILES string of the molecule is O=C(CCN1C(=O)c2ccccc2C1=O)OCCCNC(=O)c1cccs1. The lowest BCUT2D eigenvalue weighted by molar-refractivity contribution is -0.143. The molecule has 0 fully saturated rings. The molecular weight excluding hydrogens is 368 g/mol. The predicted molar refractivity (Wildman–Crippen MR) is 98.7 cm³/mol. The summed E-state index contributed by atoms with van der Waals surface area (Å²) in [5.74, 6) is -1.42. The Morgan fingerprint density at radius 1 is 1.04 bits per heavy atom. The summed E-state index contributed by atoms with van der Waals surface area (Å²) < 4.78 is 5.09. The fourth-order valence-electron chi connectivity index (χ4n) is 2.67. The van der Waals surface area contributed by atoms with Crippen molar-refractivity contribution < 1.29 is 23.9 Å². The highest BCUT2D eigenvalue weighted by atomic mass is 32.1. The van der Waals surface area contributed by atoms with Gasteiger partial charge in [0, 0.05) is 13.1 Å². The van der Waals surface area contributed by atoms with Crippen LogP contribution in [0.2, 0.25) is 0 Å². The second kappa shape index (κ2) is 8.59. The molecule has 3 rings (SSSR count). The smallest absolute Gasteiger partial charge is 0.307 e. The average molecular weight is 386 g/mol. The number of hydrogen-bond donors (Lipinski definition) is 1. The number of fused-ring (bicyclic) bond motifs is 1. The van der Waals surface area contributed by atoms with E-state index in [9.17, 15) is 19.2 Å². The Bertz CT molecular complexity index is 828. The fraction of sp³-hybridized carbons (Fsp3) is 0.263. The highest BCUT2D eigenvalue weighted by Gasteiger charge is 2.35. The summed E-state index contributed by atoms with van der Waals surface area (Å²) in [6, 6.07) is 10.1. The van der Waals surface area contributed by atoms with Gasteiger partial charge in [-0.15, -0.1) is 11.3 Å². The summed E-state index contributed by atoms with van der Waals surface area (Å²) in [5, 5.41) is 4.56. The van der Waals surface area contributed by atoms with Crippen LogP contribution in [0.3, 0.4) is 0 Å². The van der Waals surface area contributed by atoms with E-state index in [4.69, 9.17) is 4.74 Å². The van der Waals surface area contributed by atoms with Gasteiger partial charge in [-0.2, -0.15) is 0 Å². The number of carbonyl (C=O) groups excluding carboxylic acids is 4. The average Bonchev–Trinajstić information content (AvgIpc) is 3.29. The number of hydrogen-bond acceptors (Lipinski definition) is 6. The molecule has 1 N–H and O–H groups in total. The second-order valence-electron chi connectivity index (χ2n) is 5.86. The number of rotatable bonds is 8. The number of imide groups is 1. The van der Waals surface area contributed by atoms with Gasteiger partial charge < -0.3 is 10.1 Å². The van der Waals surface area contributed by atoms with Gasteiger partial charge in [0.2, 0.25) is 0 Å². The van der Waals surface area contributed by atoms with Crippen LogP contribution >= 0.6 is 11.3 Å². The van der Waals surface area contributed by atoms with Gasteiger partial charge in [-0.05, 0) is 30.0 Å². The molecule has 2 heterocycles. The molecule has 1 aliphatic heterocycles. The van der Waals surface area contributed by atoms with E-state index in [0.717, 1.165) is 4.90 Å². The van der Waals surface area contributed by atoms with Crippen molar-refractivity contribution in [1.82, 2.24) is 10.2 Å². The lowest BCUT2D eigenvalue weighted by Crippen LogP contribution is -2.32. The molecule has 0 aliphatic carbocycles. The van der Waals surface area contributed by atoms with Crippen molar-refractivity contribution in [2.45, 2.75) is 12.8 Å². The van der Waals surface area contributed by atoms with Gasteiger partial charge in [-0.3, -0.25) is 24.1 Å². The first-order valence-corrected chi connectivity index (χ1v) is 9.38. The van der Waals surface area contributed by atoms with Crippen LogP contribution in [-0.2, 0) is 9.53 Å². The molecule has 140 valence electrons. The van der Waals surface area contributed by atoms with E-state index in [1.54, 1.807) is 36.4 Å². The van der Waals surface area contributed by atoms with E-state index in [-0.39, 0.29) is 37.3 Å². The van der Waals surface area contributed by atoms with Crippen LogP contribution < -0.4 is 5.32 Å². The zero-order chi connectivity index (χ0) is 19.2. The first-order valence-electron chi connectivity index (χ1n) is 8.50. The molecule has 1 aromatic carbocycles. The van der Waals surface area contributed by atoms with Gasteiger partial charge >= 0.3 is 5.97 Å². The monoisotopic (exact) mass is 386 g/mol. The molecule has 0 bridgehead atoms.